The van der Waals surface area contributed by atoms with Crippen LogP contribution >= 0.6 is 0 Å². The van der Waals surface area contributed by atoms with Gasteiger partial charge in [0.2, 0.25) is 5.91 Å². The second kappa shape index (κ2) is 7.17. The first-order valence-corrected chi connectivity index (χ1v) is 8.78. The SMILES string of the molecule is CCC(=O)C1CCN(C(=O)CCN2C(=O)c3ccccc3C2=O)CC1. The summed E-state index contributed by atoms with van der Waals surface area (Å²) < 4.78 is 0. The van der Waals surface area contributed by atoms with E-state index in [0.29, 0.717) is 43.5 Å². The molecular formula is C19H22N2O4. The normalized spacial score (nSPS) is 17.8. The van der Waals surface area contributed by atoms with Crippen molar-refractivity contribution in [3.8, 4) is 0 Å². The van der Waals surface area contributed by atoms with Gasteiger partial charge in [-0.1, -0.05) is 19.1 Å². The first kappa shape index (κ1) is 17.3. The molecule has 0 aromatic heterocycles. The molecular weight excluding hydrogens is 320 g/mol. The number of hydrogen-bond acceptors (Lipinski definition) is 4. The number of nitrogens with zero attached hydrogens (tertiary/aromatic N) is 2. The van der Waals surface area contributed by atoms with Gasteiger partial charge in [-0.2, -0.15) is 0 Å². The zero-order valence-electron chi connectivity index (χ0n) is 14.4. The van der Waals surface area contributed by atoms with E-state index in [-0.39, 0.29) is 42.4 Å². The van der Waals surface area contributed by atoms with Crippen LogP contribution in [0.5, 0.6) is 0 Å². The molecule has 25 heavy (non-hydrogen) atoms. The van der Waals surface area contributed by atoms with Crippen molar-refractivity contribution in [2.45, 2.75) is 32.6 Å². The number of carbonyl (C=O) groups is 4. The van der Waals surface area contributed by atoms with Gasteiger partial charge >= 0.3 is 0 Å². The molecule has 1 fully saturated rings. The zero-order valence-corrected chi connectivity index (χ0v) is 14.4. The van der Waals surface area contributed by atoms with Crippen LogP contribution < -0.4 is 0 Å². The maximum atomic E-state index is 12.4. The maximum Gasteiger partial charge on any atom is 0.261 e. The molecule has 2 aliphatic rings. The predicted molar refractivity (Wildman–Crippen MR) is 91.0 cm³/mol. The van der Waals surface area contributed by atoms with E-state index >= 15 is 0 Å². The van der Waals surface area contributed by atoms with Crippen molar-refractivity contribution in [2.24, 2.45) is 5.92 Å². The van der Waals surface area contributed by atoms with E-state index in [1.807, 2.05) is 6.92 Å². The second-order valence-corrected chi connectivity index (χ2v) is 6.53. The number of ketones is 1. The summed E-state index contributed by atoms with van der Waals surface area (Å²) in [6.45, 7) is 3.09. The molecule has 0 N–H and O–H groups in total. The number of carbonyl (C=O) groups excluding carboxylic acids is 4. The standard InChI is InChI=1S/C19H22N2O4/c1-2-16(22)13-7-10-20(11-8-13)17(23)9-12-21-18(24)14-5-3-4-6-15(14)19(21)25/h3-6,13H,2,7-12H2,1H3. The smallest absolute Gasteiger partial charge is 0.261 e. The highest BCUT2D eigenvalue weighted by Crippen LogP contribution is 2.23. The third-order valence-corrected chi connectivity index (χ3v) is 5.08. The number of amides is 3. The largest absolute Gasteiger partial charge is 0.343 e. The predicted octanol–water partition coefficient (Wildman–Crippen LogP) is 1.89. The number of piperidine rings is 1. The maximum absolute atomic E-state index is 12.4. The summed E-state index contributed by atoms with van der Waals surface area (Å²) in [5.41, 5.74) is 0.803. The molecule has 6 heteroatoms. The molecule has 1 aromatic rings. The van der Waals surface area contributed by atoms with E-state index < -0.39 is 0 Å². The van der Waals surface area contributed by atoms with E-state index in [4.69, 9.17) is 0 Å². The van der Waals surface area contributed by atoms with Crippen LogP contribution in [0.3, 0.4) is 0 Å². The lowest BCUT2D eigenvalue weighted by Gasteiger charge is -2.31. The average molecular weight is 342 g/mol. The van der Waals surface area contributed by atoms with E-state index in [0.717, 1.165) is 4.90 Å². The van der Waals surface area contributed by atoms with Crippen LogP contribution in [-0.4, -0.2) is 52.9 Å². The summed E-state index contributed by atoms with van der Waals surface area (Å²) in [4.78, 5) is 51.6. The molecule has 0 saturated carbocycles. The highest BCUT2D eigenvalue weighted by Gasteiger charge is 2.35. The van der Waals surface area contributed by atoms with Crippen LogP contribution in [0.15, 0.2) is 24.3 Å². The number of benzene rings is 1. The van der Waals surface area contributed by atoms with Gasteiger partial charge in [0, 0.05) is 38.4 Å². The van der Waals surface area contributed by atoms with Crippen molar-refractivity contribution in [1.29, 1.82) is 0 Å². The van der Waals surface area contributed by atoms with Crippen molar-refractivity contribution in [3.05, 3.63) is 35.4 Å². The molecule has 0 radical (unpaired) electrons. The van der Waals surface area contributed by atoms with Crippen LogP contribution in [0.2, 0.25) is 0 Å². The molecule has 3 rings (SSSR count). The van der Waals surface area contributed by atoms with Gasteiger partial charge in [0.15, 0.2) is 0 Å². The minimum absolute atomic E-state index is 0.0605. The highest BCUT2D eigenvalue weighted by atomic mass is 16.2. The van der Waals surface area contributed by atoms with Gasteiger partial charge in [-0.05, 0) is 25.0 Å². The Labute approximate surface area is 146 Å². The Morgan fingerprint density at radius 3 is 2.12 bits per heavy atom. The van der Waals surface area contributed by atoms with Gasteiger partial charge in [-0.15, -0.1) is 0 Å². The van der Waals surface area contributed by atoms with Gasteiger partial charge in [-0.25, -0.2) is 0 Å². The van der Waals surface area contributed by atoms with Crippen molar-refractivity contribution < 1.29 is 19.2 Å². The van der Waals surface area contributed by atoms with E-state index in [9.17, 15) is 19.2 Å². The highest BCUT2D eigenvalue weighted by molar-refractivity contribution is 6.21. The number of imide groups is 1. The Kier molecular flexibility index (Phi) is 4.97. The molecule has 6 nitrogen and oxygen atoms in total. The van der Waals surface area contributed by atoms with Gasteiger partial charge in [0.1, 0.15) is 5.78 Å². The van der Waals surface area contributed by atoms with Crippen LogP contribution in [0.4, 0.5) is 0 Å². The van der Waals surface area contributed by atoms with Crippen molar-refractivity contribution in [2.75, 3.05) is 19.6 Å². The van der Waals surface area contributed by atoms with Crippen LogP contribution in [0, 0.1) is 5.92 Å². The summed E-state index contributed by atoms with van der Waals surface area (Å²) in [6, 6.07) is 6.71. The number of likely N-dealkylation sites (tertiary alicyclic amines) is 1. The fourth-order valence-corrected chi connectivity index (χ4v) is 3.55. The summed E-state index contributed by atoms with van der Waals surface area (Å²) in [5.74, 6) is -0.413. The lowest BCUT2D eigenvalue weighted by atomic mass is 9.91. The third kappa shape index (κ3) is 3.34. The Balaban J connectivity index is 1.53. The van der Waals surface area contributed by atoms with Crippen LogP contribution in [0.1, 0.15) is 53.3 Å². The molecule has 1 saturated heterocycles. The molecule has 2 heterocycles. The van der Waals surface area contributed by atoms with Gasteiger partial charge in [-0.3, -0.25) is 24.1 Å². The van der Waals surface area contributed by atoms with E-state index in [2.05, 4.69) is 0 Å². The molecule has 0 bridgehead atoms. The second-order valence-electron chi connectivity index (χ2n) is 6.53. The first-order valence-electron chi connectivity index (χ1n) is 8.78. The minimum atomic E-state index is -0.333. The Bertz CT molecular complexity index is 685. The summed E-state index contributed by atoms with van der Waals surface area (Å²) in [6.07, 6.45) is 2.06. The number of Topliss-reactive ketones (excluding diaryl/α,β-unsaturated/α-hetero) is 1. The van der Waals surface area contributed by atoms with Crippen LogP contribution in [-0.2, 0) is 9.59 Å². The van der Waals surface area contributed by atoms with E-state index in [1.165, 1.54) is 0 Å². The van der Waals surface area contributed by atoms with Crippen molar-refractivity contribution >= 4 is 23.5 Å². The quantitative estimate of drug-likeness (QED) is 0.766. The van der Waals surface area contributed by atoms with Gasteiger partial charge in [0.25, 0.3) is 11.8 Å². The summed E-state index contributed by atoms with van der Waals surface area (Å²) in [7, 11) is 0. The van der Waals surface area contributed by atoms with Crippen LogP contribution in [0.25, 0.3) is 0 Å². The number of hydrogen-bond donors (Lipinski definition) is 0. The molecule has 0 aliphatic carbocycles. The topological polar surface area (TPSA) is 74.8 Å². The van der Waals surface area contributed by atoms with Crippen molar-refractivity contribution in [3.63, 3.8) is 0 Å². The monoisotopic (exact) mass is 342 g/mol. The molecule has 0 atom stereocenters. The fraction of sp³-hybridized carbons (Fsp3) is 0.474. The number of fused-ring (bicyclic) bond motifs is 1. The third-order valence-electron chi connectivity index (χ3n) is 5.08. The number of rotatable bonds is 5. The average Bonchev–Trinajstić information content (AvgIpc) is 2.90. The molecule has 132 valence electrons. The Morgan fingerprint density at radius 1 is 1.04 bits per heavy atom. The minimum Gasteiger partial charge on any atom is -0.343 e. The Hall–Kier alpha value is -2.50. The molecule has 1 aromatic carbocycles. The summed E-state index contributed by atoms with van der Waals surface area (Å²) >= 11 is 0. The molecule has 0 unspecified atom stereocenters. The lowest BCUT2D eigenvalue weighted by molar-refractivity contribution is -0.135. The molecule has 3 amide bonds. The fourth-order valence-electron chi connectivity index (χ4n) is 3.55. The van der Waals surface area contributed by atoms with Gasteiger partial charge < -0.3 is 4.90 Å². The molecule has 2 aliphatic heterocycles. The lowest BCUT2D eigenvalue weighted by Crippen LogP contribution is -2.42. The van der Waals surface area contributed by atoms with Gasteiger partial charge in [0.05, 0.1) is 11.1 Å². The van der Waals surface area contributed by atoms with E-state index in [1.54, 1.807) is 29.2 Å². The van der Waals surface area contributed by atoms with Crippen molar-refractivity contribution in [1.82, 2.24) is 9.80 Å². The Morgan fingerprint density at radius 2 is 1.60 bits per heavy atom. The first-order chi connectivity index (χ1) is 12.0. The zero-order chi connectivity index (χ0) is 18.0. The molecule has 0 spiro atoms. The summed E-state index contributed by atoms with van der Waals surface area (Å²) in [5, 5.41) is 0.